The van der Waals surface area contributed by atoms with Crippen LogP contribution in [0.15, 0.2) is 54.2 Å². The molecule has 29 heavy (non-hydrogen) atoms. The van der Waals surface area contributed by atoms with Gasteiger partial charge in [-0.15, -0.1) is 0 Å². The zero-order chi connectivity index (χ0) is 21.0. The normalized spacial score (nSPS) is 14.3. The van der Waals surface area contributed by atoms with Crippen LogP contribution in [0.3, 0.4) is 0 Å². The standard InChI is InChI=1S/C23H25FN2O3/c1-15(2)29-14-6-13-26-22(27)20(17-9-11-18(24)12-10-17)21(23(26)28)25-19-8-5-4-7-16(19)3/h4-5,7-12,15,25H,6,13-14H2,1-3H3. The van der Waals surface area contributed by atoms with Crippen LogP contribution in [0.1, 0.15) is 31.4 Å². The van der Waals surface area contributed by atoms with E-state index in [1.54, 1.807) is 0 Å². The van der Waals surface area contributed by atoms with Gasteiger partial charge >= 0.3 is 0 Å². The Morgan fingerprint density at radius 1 is 1.03 bits per heavy atom. The number of anilines is 1. The molecule has 2 aromatic rings. The number of hydrogen-bond acceptors (Lipinski definition) is 4. The lowest BCUT2D eigenvalue weighted by atomic mass is 10.0. The number of aryl methyl sites for hydroxylation is 1. The molecule has 0 bridgehead atoms. The Hall–Kier alpha value is -2.99. The maximum Gasteiger partial charge on any atom is 0.278 e. The van der Waals surface area contributed by atoms with Crippen molar-refractivity contribution in [3.63, 3.8) is 0 Å². The molecule has 3 rings (SSSR count). The molecule has 5 nitrogen and oxygen atoms in total. The Morgan fingerprint density at radius 3 is 2.38 bits per heavy atom. The van der Waals surface area contributed by atoms with Crippen LogP contribution in [0, 0.1) is 12.7 Å². The Kier molecular flexibility index (Phi) is 6.44. The van der Waals surface area contributed by atoms with Gasteiger partial charge in [0, 0.05) is 18.8 Å². The molecule has 2 aromatic carbocycles. The highest BCUT2D eigenvalue weighted by molar-refractivity contribution is 6.36. The van der Waals surface area contributed by atoms with Crippen LogP contribution in [-0.4, -0.2) is 36.0 Å². The summed E-state index contributed by atoms with van der Waals surface area (Å²) in [7, 11) is 0. The predicted octanol–water partition coefficient (Wildman–Crippen LogP) is 4.14. The lowest BCUT2D eigenvalue weighted by Gasteiger charge is -2.16. The highest BCUT2D eigenvalue weighted by Gasteiger charge is 2.39. The van der Waals surface area contributed by atoms with Crippen molar-refractivity contribution in [2.24, 2.45) is 0 Å². The minimum atomic E-state index is -0.401. The van der Waals surface area contributed by atoms with Crippen LogP contribution in [0.2, 0.25) is 0 Å². The molecule has 0 unspecified atom stereocenters. The molecular weight excluding hydrogens is 371 g/mol. The topological polar surface area (TPSA) is 58.6 Å². The molecule has 0 atom stereocenters. The lowest BCUT2D eigenvalue weighted by Crippen LogP contribution is -2.34. The largest absolute Gasteiger partial charge is 0.379 e. The van der Waals surface area contributed by atoms with E-state index in [1.807, 2.05) is 45.0 Å². The van der Waals surface area contributed by atoms with E-state index in [0.29, 0.717) is 18.6 Å². The lowest BCUT2D eigenvalue weighted by molar-refractivity contribution is -0.137. The number of para-hydroxylation sites is 1. The summed E-state index contributed by atoms with van der Waals surface area (Å²) in [6, 6.07) is 13.1. The second-order valence-electron chi connectivity index (χ2n) is 7.23. The molecule has 1 heterocycles. The first-order chi connectivity index (χ1) is 13.9. The minimum Gasteiger partial charge on any atom is -0.379 e. The number of benzene rings is 2. The van der Waals surface area contributed by atoms with E-state index >= 15 is 0 Å². The monoisotopic (exact) mass is 396 g/mol. The van der Waals surface area contributed by atoms with E-state index in [2.05, 4.69) is 5.32 Å². The highest BCUT2D eigenvalue weighted by atomic mass is 19.1. The summed E-state index contributed by atoms with van der Waals surface area (Å²) in [4.78, 5) is 27.4. The average molecular weight is 396 g/mol. The number of ether oxygens (including phenoxy) is 1. The molecule has 0 aromatic heterocycles. The number of nitrogens with zero attached hydrogens (tertiary/aromatic N) is 1. The van der Waals surface area contributed by atoms with E-state index in [-0.39, 0.29) is 35.7 Å². The average Bonchev–Trinajstić information content (AvgIpc) is 2.91. The number of amides is 2. The first kappa shape index (κ1) is 20.7. The summed E-state index contributed by atoms with van der Waals surface area (Å²) in [5.74, 6) is -1.17. The van der Waals surface area contributed by atoms with Crippen LogP contribution in [0.4, 0.5) is 10.1 Å². The van der Waals surface area contributed by atoms with Crippen molar-refractivity contribution in [3.8, 4) is 0 Å². The Morgan fingerprint density at radius 2 is 1.72 bits per heavy atom. The summed E-state index contributed by atoms with van der Waals surface area (Å²) in [6.45, 7) is 6.51. The summed E-state index contributed by atoms with van der Waals surface area (Å²) in [5, 5.41) is 3.13. The van der Waals surface area contributed by atoms with Gasteiger partial charge in [-0.3, -0.25) is 14.5 Å². The maximum atomic E-state index is 13.4. The number of hydrogen-bond donors (Lipinski definition) is 1. The zero-order valence-electron chi connectivity index (χ0n) is 16.9. The Bertz CT molecular complexity index is 935. The van der Waals surface area contributed by atoms with Crippen molar-refractivity contribution in [3.05, 3.63) is 71.2 Å². The Labute approximate surface area is 170 Å². The summed E-state index contributed by atoms with van der Waals surface area (Å²) >= 11 is 0. The molecule has 152 valence electrons. The van der Waals surface area contributed by atoms with Gasteiger partial charge in [-0.05, 0) is 56.5 Å². The number of imide groups is 1. The second-order valence-corrected chi connectivity index (χ2v) is 7.23. The van der Waals surface area contributed by atoms with Gasteiger partial charge < -0.3 is 10.1 Å². The fourth-order valence-electron chi connectivity index (χ4n) is 3.17. The first-order valence-corrected chi connectivity index (χ1v) is 9.69. The quantitative estimate of drug-likeness (QED) is 0.538. The van der Waals surface area contributed by atoms with Crippen molar-refractivity contribution in [1.82, 2.24) is 4.90 Å². The molecule has 6 heteroatoms. The molecule has 0 saturated heterocycles. The molecule has 1 N–H and O–H groups in total. The van der Waals surface area contributed by atoms with Crippen molar-refractivity contribution in [2.75, 3.05) is 18.5 Å². The number of halogens is 1. The summed E-state index contributed by atoms with van der Waals surface area (Å²) in [5.41, 5.74) is 2.65. The van der Waals surface area contributed by atoms with Crippen LogP contribution in [-0.2, 0) is 14.3 Å². The van der Waals surface area contributed by atoms with Crippen molar-refractivity contribution in [2.45, 2.75) is 33.3 Å². The zero-order valence-corrected chi connectivity index (χ0v) is 16.9. The van der Waals surface area contributed by atoms with Crippen LogP contribution in [0.5, 0.6) is 0 Å². The molecule has 0 saturated carbocycles. The van der Waals surface area contributed by atoms with E-state index in [9.17, 15) is 14.0 Å². The molecular formula is C23H25FN2O3. The molecule has 2 amide bonds. The fraction of sp³-hybridized carbons (Fsp3) is 0.304. The molecule has 0 spiro atoms. The van der Waals surface area contributed by atoms with E-state index in [4.69, 9.17) is 4.74 Å². The number of carbonyl (C=O) groups excluding carboxylic acids is 2. The van der Waals surface area contributed by atoms with Crippen molar-refractivity contribution >= 4 is 23.1 Å². The summed E-state index contributed by atoms with van der Waals surface area (Å²) < 4.78 is 18.9. The summed E-state index contributed by atoms with van der Waals surface area (Å²) in [6.07, 6.45) is 0.635. The van der Waals surface area contributed by atoms with Gasteiger partial charge in [-0.25, -0.2) is 4.39 Å². The van der Waals surface area contributed by atoms with Crippen LogP contribution in [0.25, 0.3) is 5.57 Å². The van der Waals surface area contributed by atoms with Crippen molar-refractivity contribution in [1.29, 1.82) is 0 Å². The molecule has 1 aliphatic heterocycles. The second kappa shape index (κ2) is 9.01. The predicted molar refractivity (Wildman–Crippen MR) is 111 cm³/mol. The molecule has 0 aliphatic carbocycles. The van der Waals surface area contributed by atoms with Gasteiger partial charge in [-0.2, -0.15) is 0 Å². The minimum absolute atomic E-state index is 0.0890. The number of rotatable bonds is 8. The van der Waals surface area contributed by atoms with Gasteiger partial charge in [0.15, 0.2) is 0 Å². The van der Waals surface area contributed by atoms with Gasteiger partial charge in [0.2, 0.25) is 0 Å². The van der Waals surface area contributed by atoms with Gasteiger partial charge in [0.25, 0.3) is 11.8 Å². The maximum absolute atomic E-state index is 13.4. The van der Waals surface area contributed by atoms with Crippen LogP contribution >= 0.6 is 0 Å². The Balaban J connectivity index is 1.91. The third-order valence-corrected chi connectivity index (χ3v) is 4.68. The third kappa shape index (κ3) is 4.71. The van der Waals surface area contributed by atoms with Gasteiger partial charge in [-0.1, -0.05) is 30.3 Å². The van der Waals surface area contributed by atoms with Crippen LogP contribution < -0.4 is 5.32 Å². The highest BCUT2D eigenvalue weighted by Crippen LogP contribution is 2.31. The number of nitrogens with one attached hydrogen (secondary N) is 1. The van der Waals surface area contributed by atoms with Gasteiger partial charge in [0.05, 0.1) is 11.7 Å². The smallest absolute Gasteiger partial charge is 0.278 e. The first-order valence-electron chi connectivity index (χ1n) is 9.69. The number of carbonyl (C=O) groups is 2. The van der Waals surface area contributed by atoms with E-state index in [0.717, 1.165) is 11.3 Å². The molecule has 1 aliphatic rings. The SMILES string of the molecule is Cc1ccccc1NC1=C(c2ccc(F)cc2)C(=O)N(CCCOC(C)C)C1=O. The van der Waals surface area contributed by atoms with E-state index < -0.39 is 5.82 Å². The molecule has 0 radical (unpaired) electrons. The van der Waals surface area contributed by atoms with Crippen molar-refractivity contribution < 1.29 is 18.7 Å². The van der Waals surface area contributed by atoms with Gasteiger partial charge in [0.1, 0.15) is 11.5 Å². The fourth-order valence-corrected chi connectivity index (χ4v) is 3.17. The third-order valence-electron chi connectivity index (χ3n) is 4.68. The molecule has 0 fully saturated rings. The van der Waals surface area contributed by atoms with E-state index in [1.165, 1.54) is 29.2 Å².